The average molecular weight is 170 g/mol. The first-order valence-electron chi connectivity index (χ1n) is 3.32. The largest absolute Gasteiger partial charge is 0.392 e. The molecule has 1 aromatic rings. The number of aryl methyl sites for hydroxylation is 2. The second-order valence-corrected chi connectivity index (χ2v) is 2.78. The van der Waals surface area contributed by atoms with E-state index in [4.69, 9.17) is 17.3 Å². The fraction of sp³-hybridized carbons (Fsp3) is 0.429. The van der Waals surface area contributed by atoms with Gasteiger partial charge in [0.15, 0.2) is 4.77 Å². The van der Waals surface area contributed by atoms with Gasteiger partial charge in [0.25, 0.3) is 0 Å². The summed E-state index contributed by atoms with van der Waals surface area (Å²) in [6.07, 6.45) is 0. The molecular formula is C7H10N2OS. The fourth-order valence-electron chi connectivity index (χ4n) is 0.988. The van der Waals surface area contributed by atoms with Crippen molar-refractivity contribution in [3.8, 4) is 0 Å². The van der Waals surface area contributed by atoms with E-state index in [-0.39, 0.29) is 6.61 Å². The zero-order valence-corrected chi connectivity index (χ0v) is 7.33. The number of aromatic nitrogens is 2. The molecule has 0 aliphatic carbocycles. The summed E-state index contributed by atoms with van der Waals surface area (Å²) < 4.78 is 0.470. The molecule has 4 heteroatoms. The first-order valence-corrected chi connectivity index (χ1v) is 3.73. The number of hydrogen-bond donors (Lipinski definition) is 2. The van der Waals surface area contributed by atoms with Crippen molar-refractivity contribution in [2.24, 2.45) is 0 Å². The predicted molar refractivity (Wildman–Crippen MR) is 44.8 cm³/mol. The molecule has 1 rings (SSSR count). The van der Waals surface area contributed by atoms with E-state index in [1.165, 1.54) is 0 Å². The summed E-state index contributed by atoms with van der Waals surface area (Å²) in [6.45, 7) is 3.72. The van der Waals surface area contributed by atoms with Gasteiger partial charge in [-0.25, -0.2) is 4.98 Å². The minimum absolute atomic E-state index is 0.0107. The second kappa shape index (κ2) is 3.11. The van der Waals surface area contributed by atoms with Gasteiger partial charge >= 0.3 is 0 Å². The molecule has 1 aromatic heterocycles. The van der Waals surface area contributed by atoms with E-state index in [1.807, 2.05) is 13.8 Å². The Morgan fingerprint density at radius 1 is 1.55 bits per heavy atom. The summed E-state index contributed by atoms with van der Waals surface area (Å²) in [5.41, 5.74) is 2.53. The third-order valence-corrected chi connectivity index (χ3v) is 1.80. The summed E-state index contributed by atoms with van der Waals surface area (Å²) >= 11 is 4.85. The Morgan fingerprint density at radius 2 is 2.18 bits per heavy atom. The molecule has 0 aliphatic rings. The highest BCUT2D eigenvalue weighted by atomic mass is 32.1. The van der Waals surface area contributed by atoms with E-state index in [0.717, 1.165) is 17.0 Å². The Morgan fingerprint density at radius 3 is 2.64 bits per heavy atom. The minimum atomic E-state index is 0.0107. The molecule has 2 N–H and O–H groups in total. The van der Waals surface area contributed by atoms with Crippen molar-refractivity contribution in [1.29, 1.82) is 0 Å². The van der Waals surface area contributed by atoms with Crippen molar-refractivity contribution < 1.29 is 5.11 Å². The maximum atomic E-state index is 8.90. The van der Waals surface area contributed by atoms with Gasteiger partial charge < -0.3 is 10.1 Å². The highest BCUT2D eigenvalue weighted by Crippen LogP contribution is 2.07. The minimum Gasteiger partial charge on any atom is -0.392 e. The topological polar surface area (TPSA) is 48.9 Å². The maximum absolute atomic E-state index is 8.90. The van der Waals surface area contributed by atoms with Gasteiger partial charge in [-0.3, -0.25) is 0 Å². The van der Waals surface area contributed by atoms with Crippen LogP contribution in [0.25, 0.3) is 0 Å². The van der Waals surface area contributed by atoms with E-state index in [0.29, 0.717) is 4.77 Å². The predicted octanol–water partition coefficient (Wildman–Crippen LogP) is 1.25. The van der Waals surface area contributed by atoms with Crippen LogP contribution in [0, 0.1) is 18.6 Å². The third kappa shape index (κ3) is 1.64. The summed E-state index contributed by atoms with van der Waals surface area (Å²) in [6, 6.07) is 0. The molecule has 0 amide bonds. The van der Waals surface area contributed by atoms with Gasteiger partial charge in [-0.15, -0.1) is 0 Å². The SMILES string of the molecule is Cc1nc(=S)[nH]c(C)c1CO. The lowest BCUT2D eigenvalue weighted by Crippen LogP contribution is -1.99. The number of nitrogens with one attached hydrogen (secondary N) is 1. The van der Waals surface area contributed by atoms with Crippen LogP contribution in [0.1, 0.15) is 17.0 Å². The first-order chi connectivity index (χ1) is 5.15. The molecule has 0 spiro atoms. The number of nitrogens with zero attached hydrogens (tertiary/aromatic N) is 1. The average Bonchev–Trinajstić information content (AvgIpc) is 1.85. The van der Waals surface area contributed by atoms with Gasteiger partial charge in [0.2, 0.25) is 0 Å². The normalized spacial score (nSPS) is 10.1. The van der Waals surface area contributed by atoms with Crippen LogP contribution >= 0.6 is 12.2 Å². The van der Waals surface area contributed by atoms with E-state index in [1.54, 1.807) is 0 Å². The van der Waals surface area contributed by atoms with Crippen molar-refractivity contribution in [3.63, 3.8) is 0 Å². The summed E-state index contributed by atoms with van der Waals surface area (Å²) in [5.74, 6) is 0. The molecule has 0 radical (unpaired) electrons. The Bertz CT molecular complexity index is 292. The lowest BCUT2D eigenvalue weighted by atomic mass is 10.2. The summed E-state index contributed by atoms with van der Waals surface area (Å²) in [5, 5.41) is 8.90. The van der Waals surface area contributed by atoms with E-state index >= 15 is 0 Å². The van der Waals surface area contributed by atoms with Crippen LogP contribution in [0.2, 0.25) is 0 Å². The van der Waals surface area contributed by atoms with Gasteiger partial charge in [0.05, 0.1) is 6.61 Å². The number of aromatic amines is 1. The Balaban J connectivity index is 3.36. The standard InChI is InChI=1S/C7H10N2OS/c1-4-6(3-10)5(2)9-7(11)8-4/h10H,3H2,1-2H3,(H,8,9,11). The smallest absolute Gasteiger partial charge is 0.197 e. The molecule has 60 valence electrons. The van der Waals surface area contributed by atoms with Crippen LogP contribution in [0.3, 0.4) is 0 Å². The first kappa shape index (κ1) is 8.36. The maximum Gasteiger partial charge on any atom is 0.197 e. The Labute approximate surface area is 70.1 Å². The molecule has 0 fully saturated rings. The number of aliphatic hydroxyl groups excluding tert-OH is 1. The van der Waals surface area contributed by atoms with Gasteiger partial charge in [-0.1, -0.05) is 0 Å². The molecule has 0 saturated carbocycles. The Kier molecular flexibility index (Phi) is 2.36. The molecule has 0 atom stereocenters. The van der Waals surface area contributed by atoms with Gasteiger partial charge in [0, 0.05) is 17.0 Å². The van der Waals surface area contributed by atoms with Gasteiger partial charge in [-0.05, 0) is 26.1 Å². The summed E-state index contributed by atoms with van der Waals surface area (Å²) in [4.78, 5) is 6.88. The van der Waals surface area contributed by atoms with Crippen LogP contribution in [0.4, 0.5) is 0 Å². The second-order valence-electron chi connectivity index (χ2n) is 2.39. The van der Waals surface area contributed by atoms with Crippen LogP contribution in [0.5, 0.6) is 0 Å². The van der Waals surface area contributed by atoms with Crippen molar-refractivity contribution in [2.75, 3.05) is 0 Å². The molecule has 0 unspecified atom stereocenters. The lowest BCUT2D eigenvalue weighted by molar-refractivity contribution is 0.279. The van der Waals surface area contributed by atoms with Crippen LogP contribution in [0.15, 0.2) is 0 Å². The van der Waals surface area contributed by atoms with Crippen LogP contribution in [-0.2, 0) is 6.61 Å². The molecule has 3 nitrogen and oxygen atoms in total. The van der Waals surface area contributed by atoms with Gasteiger partial charge in [-0.2, -0.15) is 0 Å². The molecule has 0 aliphatic heterocycles. The van der Waals surface area contributed by atoms with Gasteiger partial charge in [0.1, 0.15) is 0 Å². The van der Waals surface area contributed by atoms with Crippen LogP contribution < -0.4 is 0 Å². The lowest BCUT2D eigenvalue weighted by Gasteiger charge is -2.04. The molecule has 11 heavy (non-hydrogen) atoms. The quantitative estimate of drug-likeness (QED) is 0.623. The van der Waals surface area contributed by atoms with Crippen molar-refractivity contribution in [3.05, 3.63) is 21.7 Å². The monoisotopic (exact) mass is 170 g/mol. The third-order valence-electron chi connectivity index (χ3n) is 1.61. The number of aliphatic hydroxyl groups is 1. The zero-order valence-electron chi connectivity index (χ0n) is 6.51. The van der Waals surface area contributed by atoms with Crippen molar-refractivity contribution in [1.82, 2.24) is 9.97 Å². The van der Waals surface area contributed by atoms with E-state index in [2.05, 4.69) is 9.97 Å². The van der Waals surface area contributed by atoms with E-state index in [9.17, 15) is 0 Å². The zero-order chi connectivity index (χ0) is 8.43. The molecule has 0 bridgehead atoms. The van der Waals surface area contributed by atoms with E-state index < -0.39 is 0 Å². The van der Waals surface area contributed by atoms with Crippen molar-refractivity contribution in [2.45, 2.75) is 20.5 Å². The fourth-order valence-corrected chi connectivity index (χ4v) is 1.28. The summed E-state index contributed by atoms with van der Waals surface area (Å²) in [7, 11) is 0. The molecule has 0 saturated heterocycles. The Hall–Kier alpha value is -0.740. The molecular weight excluding hydrogens is 160 g/mol. The molecule has 0 aromatic carbocycles. The van der Waals surface area contributed by atoms with Crippen molar-refractivity contribution >= 4 is 12.2 Å². The highest BCUT2D eigenvalue weighted by Gasteiger charge is 2.01. The number of H-pyrrole nitrogens is 1. The molecule has 1 heterocycles. The number of hydrogen-bond acceptors (Lipinski definition) is 3. The highest BCUT2D eigenvalue weighted by molar-refractivity contribution is 7.71. The van der Waals surface area contributed by atoms with Crippen LogP contribution in [-0.4, -0.2) is 15.1 Å². The number of rotatable bonds is 1.